The van der Waals surface area contributed by atoms with Gasteiger partial charge in [-0.25, -0.2) is 0 Å². The van der Waals surface area contributed by atoms with Crippen LogP contribution in [0.4, 0.5) is 0 Å². The molecule has 0 aromatic rings. The fourth-order valence-electron chi connectivity index (χ4n) is 0.993. The van der Waals surface area contributed by atoms with Gasteiger partial charge in [0.25, 0.3) is 0 Å². The average molecular weight is 145 g/mol. The van der Waals surface area contributed by atoms with Gasteiger partial charge in [-0.2, -0.15) is 11.8 Å². The van der Waals surface area contributed by atoms with E-state index in [0.29, 0.717) is 0 Å². The maximum Gasteiger partial charge on any atom is 0.0156 e. The summed E-state index contributed by atoms with van der Waals surface area (Å²) < 4.78 is 0. The van der Waals surface area contributed by atoms with Gasteiger partial charge in [0.15, 0.2) is 0 Å². The second-order valence-electron chi connectivity index (χ2n) is 2.66. The van der Waals surface area contributed by atoms with Crippen LogP contribution in [-0.4, -0.2) is 23.6 Å². The highest BCUT2D eigenvalue weighted by molar-refractivity contribution is 8.00. The standard InChI is InChI=1S/C7H15NS/c1-3-7-5-9-6(2)4-8-7/h6-8H,3-5H2,1-2H3. The third kappa shape index (κ3) is 2.18. The Morgan fingerprint density at radius 2 is 2.44 bits per heavy atom. The van der Waals surface area contributed by atoms with Gasteiger partial charge in [0.1, 0.15) is 0 Å². The van der Waals surface area contributed by atoms with Gasteiger partial charge >= 0.3 is 0 Å². The fraction of sp³-hybridized carbons (Fsp3) is 1.00. The van der Waals surface area contributed by atoms with Crippen LogP contribution in [0.1, 0.15) is 20.3 Å². The lowest BCUT2D eigenvalue weighted by atomic mass is 10.2. The first-order chi connectivity index (χ1) is 4.33. The predicted molar refractivity (Wildman–Crippen MR) is 44.0 cm³/mol. The van der Waals surface area contributed by atoms with Crippen LogP contribution in [0.2, 0.25) is 0 Å². The van der Waals surface area contributed by atoms with Crippen molar-refractivity contribution in [2.24, 2.45) is 0 Å². The topological polar surface area (TPSA) is 12.0 Å². The summed E-state index contributed by atoms with van der Waals surface area (Å²) in [4.78, 5) is 0. The van der Waals surface area contributed by atoms with E-state index in [-0.39, 0.29) is 0 Å². The summed E-state index contributed by atoms with van der Waals surface area (Å²) in [5.74, 6) is 1.30. The maximum absolute atomic E-state index is 3.50. The smallest absolute Gasteiger partial charge is 0.0156 e. The molecule has 1 nitrogen and oxygen atoms in total. The summed E-state index contributed by atoms with van der Waals surface area (Å²) in [6.45, 7) is 5.72. The van der Waals surface area contributed by atoms with Crippen LogP contribution >= 0.6 is 11.8 Å². The van der Waals surface area contributed by atoms with E-state index in [0.717, 1.165) is 11.3 Å². The monoisotopic (exact) mass is 145 g/mol. The van der Waals surface area contributed by atoms with Gasteiger partial charge in [0.05, 0.1) is 0 Å². The zero-order chi connectivity index (χ0) is 6.69. The van der Waals surface area contributed by atoms with Crippen LogP contribution < -0.4 is 5.32 Å². The lowest BCUT2D eigenvalue weighted by Crippen LogP contribution is -2.40. The highest BCUT2D eigenvalue weighted by atomic mass is 32.2. The minimum atomic E-state index is 0.784. The first-order valence-corrected chi connectivity index (χ1v) is 4.72. The number of hydrogen-bond acceptors (Lipinski definition) is 2. The van der Waals surface area contributed by atoms with Crippen molar-refractivity contribution in [3.05, 3.63) is 0 Å². The zero-order valence-electron chi connectivity index (χ0n) is 6.18. The van der Waals surface area contributed by atoms with Crippen LogP contribution in [0, 0.1) is 0 Å². The fourth-order valence-corrected chi connectivity index (χ4v) is 2.12. The van der Waals surface area contributed by atoms with Gasteiger partial charge in [-0.05, 0) is 6.42 Å². The molecule has 2 heteroatoms. The minimum absolute atomic E-state index is 0.784. The summed E-state index contributed by atoms with van der Waals surface area (Å²) in [6, 6.07) is 0.784. The summed E-state index contributed by atoms with van der Waals surface area (Å²) in [6.07, 6.45) is 1.28. The largest absolute Gasteiger partial charge is 0.312 e. The molecule has 0 spiro atoms. The lowest BCUT2D eigenvalue weighted by molar-refractivity contribution is 0.527. The molecule has 1 saturated heterocycles. The van der Waals surface area contributed by atoms with Gasteiger partial charge in [0, 0.05) is 23.6 Å². The molecule has 0 radical (unpaired) electrons. The van der Waals surface area contributed by atoms with E-state index in [9.17, 15) is 0 Å². The third-order valence-corrected chi connectivity index (χ3v) is 3.10. The Bertz CT molecular complexity index is 77.0. The molecule has 9 heavy (non-hydrogen) atoms. The number of thioether (sulfide) groups is 1. The van der Waals surface area contributed by atoms with Crippen LogP contribution in [0.15, 0.2) is 0 Å². The molecule has 0 aliphatic carbocycles. The number of hydrogen-bond donors (Lipinski definition) is 1. The van der Waals surface area contributed by atoms with Crippen LogP contribution in [-0.2, 0) is 0 Å². The highest BCUT2D eigenvalue weighted by Gasteiger charge is 2.14. The van der Waals surface area contributed by atoms with E-state index in [1.165, 1.54) is 18.7 Å². The van der Waals surface area contributed by atoms with Gasteiger partial charge < -0.3 is 5.32 Å². The summed E-state index contributed by atoms with van der Waals surface area (Å²) >= 11 is 2.09. The first-order valence-electron chi connectivity index (χ1n) is 3.68. The second kappa shape index (κ2) is 3.47. The Hall–Kier alpha value is 0.310. The van der Waals surface area contributed by atoms with Crippen molar-refractivity contribution in [1.82, 2.24) is 5.32 Å². The van der Waals surface area contributed by atoms with Gasteiger partial charge in [0.2, 0.25) is 0 Å². The molecule has 0 saturated carbocycles. The Kier molecular flexibility index (Phi) is 2.86. The Morgan fingerprint density at radius 3 is 2.89 bits per heavy atom. The van der Waals surface area contributed by atoms with Crippen molar-refractivity contribution in [1.29, 1.82) is 0 Å². The van der Waals surface area contributed by atoms with Crippen molar-refractivity contribution in [2.75, 3.05) is 12.3 Å². The van der Waals surface area contributed by atoms with Crippen LogP contribution in [0.5, 0.6) is 0 Å². The summed E-state index contributed by atoms with van der Waals surface area (Å²) in [5, 5.41) is 4.32. The van der Waals surface area contributed by atoms with E-state index in [2.05, 4.69) is 30.9 Å². The molecule has 1 aliphatic rings. The maximum atomic E-state index is 3.50. The highest BCUT2D eigenvalue weighted by Crippen LogP contribution is 2.16. The molecule has 1 fully saturated rings. The molecule has 0 bridgehead atoms. The second-order valence-corrected chi connectivity index (χ2v) is 4.13. The molecular weight excluding hydrogens is 130 g/mol. The van der Waals surface area contributed by atoms with Crippen molar-refractivity contribution >= 4 is 11.8 Å². The average Bonchev–Trinajstić information content (AvgIpc) is 1.90. The SMILES string of the molecule is CCC1CSC(C)CN1. The van der Waals surface area contributed by atoms with E-state index in [4.69, 9.17) is 0 Å². The Morgan fingerprint density at radius 1 is 1.67 bits per heavy atom. The predicted octanol–water partition coefficient (Wildman–Crippen LogP) is 1.49. The van der Waals surface area contributed by atoms with Crippen LogP contribution in [0.3, 0.4) is 0 Å². The van der Waals surface area contributed by atoms with E-state index < -0.39 is 0 Å². The normalized spacial score (nSPS) is 36.7. The molecule has 0 amide bonds. The zero-order valence-corrected chi connectivity index (χ0v) is 7.00. The Balaban J connectivity index is 2.18. The van der Waals surface area contributed by atoms with E-state index >= 15 is 0 Å². The summed E-state index contributed by atoms with van der Waals surface area (Å²) in [5.41, 5.74) is 0. The van der Waals surface area contributed by atoms with Gasteiger partial charge in [-0.3, -0.25) is 0 Å². The van der Waals surface area contributed by atoms with Crippen molar-refractivity contribution < 1.29 is 0 Å². The lowest BCUT2D eigenvalue weighted by Gasteiger charge is -2.26. The van der Waals surface area contributed by atoms with Gasteiger partial charge in [-0.1, -0.05) is 13.8 Å². The number of rotatable bonds is 1. The third-order valence-electron chi connectivity index (χ3n) is 1.77. The molecule has 1 heterocycles. The first kappa shape index (κ1) is 7.42. The molecule has 1 rings (SSSR count). The van der Waals surface area contributed by atoms with E-state index in [1.807, 2.05) is 0 Å². The van der Waals surface area contributed by atoms with Crippen molar-refractivity contribution in [3.8, 4) is 0 Å². The molecule has 2 unspecified atom stereocenters. The van der Waals surface area contributed by atoms with Gasteiger partial charge in [-0.15, -0.1) is 0 Å². The Labute approximate surface area is 61.6 Å². The van der Waals surface area contributed by atoms with Crippen molar-refractivity contribution in [3.63, 3.8) is 0 Å². The minimum Gasteiger partial charge on any atom is -0.312 e. The molecule has 0 aromatic carbocycles. The molecule has 2 atom stereocenters. The molecule has 54 valence electrons. The summed E-state index contributed by atoms with van der Waals surface area (Å²) in [7, 11) is 0. The van der Waals surface area contributed by atoms with E-state index in [1.54, 1.807) is 0 Å². The molecular formula is C7H15NS. The van der Waals surface area contributed by atoms with Crippen molar-refractivity contribution in [2.45, 2.75) is 31.6 Å². The van der Waals surface area contributed by atoms with Crippen LogP contribution in [0.25, 0.3) is 0 Å². The molecule has 1 aliphatic heterocycles. The molecule has 1 N–H and O–H groups in total. The number of nitrogens with one attached hydrogen (secondary N) is 1. The quantitative estimate of drug-likeness (QED) is 0.600. The molecule has 0 aromatic heterocycles.